The molecule has 1 aromatic heterocycles. The maximum absolute atomic E-state index is 5.63. The predicted octanol–water partition coefficient (Wildman–Crippen LogP) is 3.93. The van der Waals surface area contributed by atoms with E-state index in [0.717, 1.165) is 71.3 Å². The third kappa shape index (κ3) is 6.71. The lowest BCUT2D eigenvalue weighted by atomic mass is 9.80. The second kappa shape index (κ2) is 12.6. The molecule has 3 heterocycles. The lowest BCUT2D eigenvalue weighted by Crippen LogP contribution is -2.57. The zero-order chi connectivity index (χ0) is 20.7. The SMILES string of the molecule is CCNC(=NCC1(N2CCOCC2)CCCCC1)NC1CCN(c2cccs2)CC1.I. The van der Waals surface area contributed by atoms with Gasteiger partial charge in [0.05, 0.1) is 24.8 Å². The van der Waals surface area contributed by atoms with Crippen LogP contribution in [0.3, 0.4) is 0 Å². The molecule has 0 radical (unpaired) electrons. The number of nitrogens with one attached hydrogen (secondary N) is 2. The maximum atomic E-state index is 5.63. The van der Waals surface area contributed by atoms with E-state index >= 15 is 0 Å². The van der Waals surface area contributed by atoms with Crippen LogP contribution in [0, 0.1) is 0 Å². The molecule has 2 N–H and O–H groups in total. The highest BCUT2D eigenvalue weighted by molar-refractivity contribution is 14.0. The second-order valence-corrected chi connectivity index (χ2v) is 9.86. The quantitative estimate of drug-likeness (QED) is 0.313. The highest BCUT2D eigenvalue weighted by Crippen LogP contribution is 2.34. The van der Waals surface area contributed by atoms with E-state index in [4.69, 9.17) is 9.73 Å². The number of hydrogen-bond donors (Lipinski definition) is 2. The smallest absolute Gasteiger partial charge is 0.191 e. The van der Waals surface area contributed by atoms with E-state index < -0.39 is 0 Å². The van der Waals surface area contributed by atoms with Crippen LogP contribution in [0.4, 0.5) is 5.00 Å². The van der Waals surface area contributed by atoms with Gasteiger partial charge in [-0.3, -0.25) is 9.89 Å². The molecule has 0 atom stereocenters. The Morgan fingerprint density at radius 3 is 2.55 bits per heavy atom. The molecule has 6 nitrogen and oxygen atoms in total. The van der Waals surface area contributed by atoms with E-state index in [1.807, 2.05) is 11.3 Å². The van der Waals surface area contributed by atoms with Crippen molar-refractivity contribution in [2.75, 3.05) is 57.4 Å². The molecule has 1 aromatic rings. The standard InChI is InChI=1S/C23H39N5OS.HI/c1-2-24-22(26-20-8-12-27(13-9-20)21-7-6-18-30-21)25-19-23(10-4-3-5-11-23)28-14-16-29-17-15-28;/h6-7,18,20H,2-5,8-17,19H2,1H3,(H2,24,25,26);1H. The van der Waals surface area contributed by atoms with E-state index in [2.05, 4.69) is 44.9 Å². The number of guanidine groups is 1. The van der Waals surface area contributed by atoms with Crippen molar-refractivity contribution in [1.29, 1.82) is 0 Å². The van der Waals surface area contributed by atoms with Gasteiger partial charge in [0, 0.05) is 44.3 Å². The minimum absolute atomic E-state index is 0. The number of morpholine rings is 1. The first-order valence-electron chi connectivity index (χ1n) is 12.0. The van der Waals surface area contributed by atoms with Crippen molar-refractivity contribution in [2.24, 2.45) is 4.99 Å². The summed E-state index contributed by atoms with van der Waals surface area (Å²) in [5, 5.41) is 10.8. The van der Waals surface area contributed by atoms with Gasteiger partial charge in [-0.2, -0.15) is 0 Å². The third-order valence-corrected chi connectivity index (χ3v) is 7.92. The molecule has 0 aromatic carbocycles. The van der Waals surface area contributed by atoms with E-state index in [-0.39, 0.29) is 29.5 Å². The lowest BCUT2D eigenvalue weighted by molar-refractivity contribution is -0.0333. The summed E-state index contributed by atoms with van der Waals surface area (Å²) in [6.45, 7) is 10.1. The molecule has 4 rings (SSSR count). The van der Waals surface area contributed by atoms with Crippen LogP contribution in [0.1, 0.15) is 51.9 Å². The van der Waals surface area contributed by atoms with Crippen LogP contribution in [0.15, 0.2) is 22.5 Å². The number of anilines is 1. The molecule has 31 heavy (non-hydrogen) atoms. The van der Waals surface area contributed by atoms with Gasteiger partial charge in [0.2, 0.25) is 0 Å². The number of piperidine rings is 1. The Morgan fingerprint density at radius 1 is 1.16 bits per heavy atom. The van der Waals surface area contributed by atoms with Crippen molar-refractivity contribution in [3.8, 4) is 0 Å². The second-order valence-electron chi connectivity index (χ2n) is 8.94. The zero-order valence-electron chi connectivity index (χ0n) is 19.0. The third-order valence-electron chi connectivity index (χ3n) is 7.00. The average molecular weight is 562 g/mol. The highest BCUT2D eigenvalue weighted by Gasteiger charge is 2.38. The van der Waals surface area contributed by atoms with Crippen LogP contribution in [0.5, 0.6) is 0 Å². The van der Waals surface area contributed by atoms with Gasteiger partial charge in [-0.25, -0.2) is 0 Å². The Hall–Kier alpha value is -0.580. The van der Waals surface area contributed by atoms with E-state index in [9.17, 15) is 0 Å². The van der Waals surface area contributed by atoms with Gasteiger partial charge in [0.25, 0.3) is 0 Å². The molecular weight excluding hydrogens is 521 g/mol. The van der Waals surface area contributed by atoms with E-state index in [1.165, 1.54) is 37.1 Å². The molecule has 0 spiro atoms. The monoisotopic (exact) mass is 561 g/mol. The Balaban J connectivity index is 0.00000272. The Morgan fingerprint density at radius 2 is 1.90 bits per heavy atom. The topological polar surface area (TPSA) is 52.1 Å². The lowest BCUT2D eigenvalue weighted by Gasteiger charge is -2.47. The molecule has 1 aliphatic carbocycles. The minimum Gasteiger partial charge on any atom is -0.379 e. The van der Waals surface area contributed by atoms with Gasteiger partial charge < -0.3 is 20.3 Å². The molecule has 176 valence electrons. The van der Waals surface area contributed by atoms with Crippen LogP contribution in [-0.2, 0) is 4.74 Å². The summed E-state index contributed by atoms with van der Waals surface area (Å²) in [4.78, 5) is 10.3. The number of rotatable bonds is 6. The van der Waals surface area contributed by atoms with Crippen LogP contribution < -0.4 is 15.5 Å². The molecule has 0 amide bonds. The zero-order valence-corrected chi connectivity index (χ0v) is 22.1. The molecular formula is C23H40IN5OS. The highest BCUT2D eigenvalue weighted by atomic mass is 127. The first-order valence-corrected chi connectivity index (χ1v) is 12.8. The number of aliphatic imine (C=N–C) groups is 1. The fourth-order valence-electron chi connectivity index (χ4n) is 5.26. The minimum atomic E-state index is 0. The van der Waals surface area contributed by atoms with Crippen molar-refractivity contribution in [1.82, 2.24) is 15.5 Å². The predicted molar refractivity (Wildman–Crippen MR) is 142 cm³/mol. The normalized spacial score (nSPS) is 23.3. The van der Waals surface area contributed by atoms with Crippen molar-refractivity contribution >= 4 is 46.3 Å². The van der Waals surface area contributed by atoms with Crippen LogP contribution in [0.2, 0.25) is 0 Å². The van der Waals surface area contributed by atoms with Gasteiger partial charge in [-0.1, -0.05) is 19.3 Å². The average Bonchev–Trinajstić information content (AvgIpc) is 3.34. The molecule has 2 saturated heterocycles. The fourth-order valence-corrected chi connectivity index (χ4v) is 6.04. The molecule has 3 aliphatic rings. The Kier molecular flexibility index (Phi) is 10.2. The number of ether oxygens (including phenoxy) is 1. The molecule has 8 heteroatoms. The number of thiophene rings is 1. The Labute approximate surface area is 209 Å². The van der Waals surface area contributed by atoms with Gasteiger partial charge in [-0.05, 0) is 50.1 Å². The Bertz CT molecular complexity index is 651. The molecule has 0 bridgehead atoms. The molecule has 2 aliphatic heterocycles. The van der Waals surface area contributed by atoms with Crippen LogP contribution in [-0.4, -0.2) is 74.9 Å². The first kappa shape index (κ1) is 25.1. The fraction of sp³-hybridized carbons (Fsp3) is 0.783. The van der Waals surface area contributed by atoms with E-state index in [0.29, 0.717) is 6.04 Å². The largest absolute Gasteiger partial charge is 0.379 e. The van der Waals surface area contributed by atoms with Crippen molar-refractivity contribution in [3.63, 3.8) is 0 Å². The van der Waals surface area contributed by atoms with Crippen LogP contribution in [0.25, 0.3) is 0 Å². The summed E-state index contributed by atoms with van der Waals surface area (Å²) >= 11 is 1.85. The van der Waals surface area contributed by atoms with Crippen LogP contribution >= 0.6 is 35.3 Å². The summed E-state index contributed by atoms with van der Waals surface area (Å²) in [6, 6.07) is 4.89. The summed E-state index contributed by atoms with van der Waals surface area (Å²) in [7, 11) is 0. The van der Waals surface area contributed by atoms with Gasteiger partial charge in [0.1, 0.15) is 0 Å². The first-order chi connectivity index (χ1) is 14.8. The summed E-state index contributed by atoms with van der Waals surface area (Å²) in [5.41, 5.74) is 0.229. The van der Waals surface area contributed by atoms with Crippen molar-refractivity contribution in [3.05, 3.63) is 17.5 Å². The van der Waals surface area contributed by atoms with Crippen molar-refractivity contribution in [2.45, 2.75) is 63.5 Å². The number of halogens is 1. The van der Waals surface area contributed by atoms with Gasteiger partial charge in [-0.15, -0.1) is 35.3 Å². The molecule has 1 saturated carbocycles. The van der Waals surface area contributed by atoms with E-state index in [1.54, 1.807) is 0 Å². The molecule has 0 unspecified atom stereocenters. The number of nitrogens with zero attached hydrogens (tertiary/aromatic N) is 3. The van der Waals surface area contributed by atoms with Crippen molar-refractivity contribution < 1.29 is 4.74 Å². The van der Waals surface area contributed by atoms with Gasteiger partial charge in [0.15, 0.2) is 5.96 Å². The number of hydrogen-bond acceptors (Lipinski definition) is 5. The molecule has 3 fully saturated rings. The summed E-state index contributed by atoms with van der Waals surface area (Å²) < 4.78 is 5.63. The summed E-state index contributed by atoms with van der Waals surface area (Å²) in [5.74, 6) is 1.00. The summed E-state index contributed by atoms with van der Waals surface area (Å²) in [6.07, 6.45) is 8.91. The van der Waals surface area contributed by atoms with Gasteiger partial charge >= 0.3 is 0 Å². The maximum Gasteiger partial charge on any atom is 0.191 e.